The van der Waals surface area contributed by atoms with E-state index in [1.165, 1.54) is 0 Å². The summed E-state index contributed by atoms with van der Waals surface area (Å²) in [6.07, 6.45) is 1.56. The quantitative estimate of drug-likeness (QED) is 0.873. The number of nitrogen functional groups attached to an aromatic ring is 1. The second kappa shape index (κ2) is 5.06. The first-order valence-corrected chi connectivity index (χ1v) is 5.74. The maximum absolute atomic E-state index is 12.0. The van der Waals surface area contributed by atoms with Gasteiger partial charge in [0.05, 0.1) is 16.3 Å². The number of hydrogen-bond acceptors (Lipinski definition) is 3. The lowest BCUT2D eigenvalue weighted by Crippen LogP contribution is -2.15. The van der Waals surface area contributed by atoms with Gasteiger partial charge in [-0.1, -0.05) is 23.7 Å². The van der Waals surface area contributed by atoms with Crippen molar-refractivity contribution >= 4 is 29.0 Å². The first-order valence-electron chi connectivity index (χ1n) is 5.36. The Kier molecular flexibility index (Phi) is 3.48. The van der Waals surface area contributed by atoms with Crippen molar-refractivity contribution in [3.05, 3.63) is 52.7 Å². The van der Waals surface area contributed by atoms with Gasteiger partial charge in [0, 0.05) is 6.20 Å². The summed E-state index contributed by atoms with van der Waals surface area (Å²) in [4.78, 5) is 16.0. The third-order valence-corrected chi connectivity index (χ3v) is 3.01. The van der Waals surface area contributed by atoms with Crippen LogP contribution in [0.5, 0.6) is 0 Å². The molecule has 0 radical (unpaired) electrons. The van der Waals surface area contributed by atoms with Crippen molar-refractivity contribution in [1.82, 2.24) is 4.98 Å². The zero-order valence-electron chi connectivity index (χ0n) is 9.77. The molecule has 0 unspecified atom stereocenters. The molecule has 0 aliphatic rings. The van der Waals surface area contributed by atoms with E-state index in [-0.39, 0.29) is 5.91 Å². The second-order valence-electron chi connectivity index (χ2n) is 3.83. The number of carbonyl (C=O) groups is 1. The van der Waals surface area contributed by atoms with Gasteiger partial charge in [-0.25, -0.2) is 4.98 Å². The van der Waals surface area contributed by atoms with Gasteiger partial charge in [-0.05, 0) is 30.7 Å². The molecule has 0 spiro atoms. The monoisotopic (exact) mass is 261 g/mol. The zero-order valence-corrected chi connectivity index (χ0v) is 10.5. The number of aromatic nitrogens is 1. The van der Waals surface area contributed by atoms with Crippen LogP contribution in [0.4, 0.5) is 11.5 Å². The van der Waals surface area contributed by atoms with E-state index in [1.54, 1.807) is 30.5 Å². The third kappa shape index (κ3) is 2.43. The number of nitrogens with one attached hydrogen (secondary N) is 1. The summed E-state index contributed by atoms with van der Waals surface area (Å²) in [5, 5.41) is 3.07. The second-order valence-corrected chi connectivity index (χ2v) is 4.21. The first-order chi connectivity index (χ1) is 8.59. The van der Waals surface area contributed by atoms with Gasteiger partial charge in [0.25, 0.3) is 5.91 Å². The van der Waals surface area contributed by atoms with Gasteiger partial charge in [-0.3, -0.25) is 4.79 Å². The van der Waals surface area contributed by atoms with Crippen molar-refractivity contribution < 1.29 is 4.79 Å². The van der Waals surface area contributed by atoms with Gasteiger partial charge in [-0.2, -0.15) is 0 Å². The van der Waals surface area contributed by atoms with Crippen LogP contribution in [0.2, 0.25) is 5.02 Å². The predicted octanol–water partition coefficient (Wildman–Crippen LogP) is 2.88. The maximum Gasteiger partial charge on any atom is 0.258 e. The van der Waals surface area contributed by atoms with E-state index in [2.05, 4.69) is 10.3 Å². The largest absolute Gasteiger partial charge is 0.396 e. The van der Waals surface area contributed by atoms with Crippen molar-refractivity contribution in [2.45, 2.75) is 6.92 Å². The number of hydrogen-bond donors (Lipinski definition) is 2. The van der Waals surface area contributed by atoms with Crippen LogP contribution in [-0.4, -0.2) is 10.9 Å². The number of benzene rings is 1. The van der Waals surface area contributed by atoms with Crippen LogP contribution in [0.1, 0.15) is 15.9 Å². The Morgan fingerprint density at radius 2 is 2.11 bits per heavy atom. The van der Waals surface area contributed by atoms with Crippen molar-refractivity contribution in [1.29, 1.82) is 0 Å². The molecule has 0 fully saturated rings. The number of anilines is 2. The average Bonchev–Trinajstić information content (AvgIpc) is 2.35. The Hall–Kier alpha value is -2.07. The smallest absolute Gasteiger partial charge is 0.258 e. The van der Waals surface area contributed by atoms with E-state index in [1.807, 2.05) is 13.0 Å². The van der Waals surface area contributed by atoms with Crippen LogP contribution in [0.15, 0.2) is 36.5 Å². The highest BCUT2D eigenvalue weighted by molar-refractivity contribution is 6.35. The number of aryl methyl sites for hydroxylation is 1. The fraction of sp³-hybridized carbons (Fsp3) is 0.0769. The summed E-state index contributed by atoms with van der Waals surface area (Å²) in [7, 11) is 0. The summed E-state index contributed by atoms with van der Waals surface area (Å²) in [5.41, 5.74) is 7.37. The zero-order chi connectivity index (χ0) is 13.1. The standard InChI is InChI=1S/C13H12ClN3O/c1-8-4-2-5-9(11(8)14)13(18)17-12-10(15)6-3-7-16-12/h2-7H,15H2,1H3,(H,16,17,18). The Balaban J connectivity index is 2.28. The van der Waals surface area contributed by atoms with Crippen LogP contribution < -0.4 is 11.1 Å². The molecule has 92 valence electrons. The van der Waals surface area contributed by atoms with Gasteiger partial charge in [0.15, 0.2) is 5.82 Å². The summed E-state index contributed by atoms with van der Waals surface area (Å²) < 4.78 is 0. The number of nitrogens with two attached hydrogens (primary N) is 1. The molecule has 4 nitrogen and oxygen atoms in total. The van der Waals surface area contributed by atoms with E-state index in [0.717, 1.165) is 5.56 Å². The summed E-state index contributed by atoms with van der Waals surface area (Å²) >= 11 is 6.08. The molecule has 3 N–H and O–H groups in total. The molecular weight excluding hydrogens is 250 g/mol. The molecule has 1 amide bonds. The highest BCUT2D eigenvalue weighted by atomic mass is 35.5. The van der Waals surface area contributed by atoms with Gasteiger partial charge in [0.1, 0.15) is 0 Å². The number of rotatable bonds is 2. The van der Waals surface area contributed by atoms with Crippen LogP contribution in [0.25, 0.3) is 0 Å². The van der Waals surface area contributed by atoms with Crippen molar-refractivity contribution in [2.24, 2.45) is 0 Å². The number of carbonyl (C=O) groups excluding carboxylic acids is 1. The molecule has 1 heterocycles. The van der Waals surface area contributed by atoms with Gasteiger partial charge in [0.2, 0.25) is 0 Å². The average molecular weight is 262 g/mol. The summed E-state index contributed by atoms with van der Waals surface area (Å²) in [6, 6.07) is 8.64. The Bertz CT molecular complexity index is 599. The minimum Gasteiger partial charge on any atom is -0.396 e. The van der Waals surface area contributed by atoms with Gasteiger partial charge >= 0.3 is 0 Å². The SMILES string of the molecule is Cc1cccc(C(=O)Nc2ncccc2N)c1Cl. The molecule has 2 rings (SSSR count). The molecule has 0 saturated carbocycles. The highest BCUT2D eigenvalue weighted by Crippen LogP contribution is 2.22. The first kappa shape index (κ1) is 12.4. The predicted molar refractivity (Wildman–Crippen MR) is 72.8 cm³/mol. The van der Waals surface area contributed by atoms with Crippen molar-refractivity contribution in [3.63, 3.8) is 0 Å². The van der Waals surface area contributed by atoms with E-state index in [0.29, 0.717) is 22.1 Å². The fourth-order valence-corrected chi connectivity index (χ4v) is 1.73. The molecule has 0 atom stereocenters. The van der Waals surface area contributed by atoms with Crippen molar-refractivity contribution in [3.8, 4) is 0 Å². The lowest BCUT2D eigenvalue weighted by molar-refractivity contribution is 0.102. The van der Waals surface area contributed by atoms with Gasteiger partial charge in [-0.15, -0.1) is 0 Å². The molecule has 18 heavy (non-hydrogen) atoms. The molecule has 2 aromatic rings. The van der Waals surface area contributed by atoms with E-state index >= 15 is 0 Å². The molecule has 0 aliphatic heterocycles. The lowest BCUT2D eigenvalue weighted by Gasteiger charge is -2.08. The lowest BCUT2D eigenvalue weighted by atomic mass is 10.1. The van der Waals surface area contributed by atoms with Crippen LogP contribution in [-0.2, 0) is 0 Å². The number of halogens is 1. The minimum atomic E-state index is -0.325. The number of amides is 1. The Labute approximate surface area is 110 Å². The van der Waals surface area contributed by atoms with Gasteiger partial charge < -0.3 is 11.1 Å². The third-order valence-electron chi connectivity index (χ3n) is 2.51. The number of pyridine rings is 1. The maximum atomic E-state index is 12.0. The fourth-order valence-electron chi connectivity index (χ4n) is 1.52. The van der Waals surface area contributed by atoms with Crippen LogP contribution in [0.3, 0.4) is 0 Å². The Morgan fingerprint density at radius 1 is 1.33 bits per heavy atom. The molecule has 5 heteroatoms. The van der Waals surface area contributed by atoms with E-state index in [9.17, 15) is 4.79 Å². The van der Waals surface area contributed by atoms with E-state index in [4.69, 9.17) is 17.3 Å². The molecule has 1 aromatic carbocycles. The van der Waals surface area contributed by atoms with E-state index < -0.39 is 0 Å². The minimum absolute atomic E-state index is 0.325. The Morgan fingerprint density at radius 3 is 2.83 bits per heavy atom. The summed E-state index contributed by atoms with van der Waals surface area (Å²) in [6.45, 7) is 1.84. The van der Waals surface area contributed by atoms with Crippen LogP contribution in [0, 0.1) is 6.92 Å². The molecule has 0 aliphatic carbocycles. The molecule has 0 saturated heterocycles. The normalized spacial score (nSPS) is 10.1. The van der Waals surface area contributed by atoms with Crippen molar-refractivity contribution in [2.75, 3.05) is 11.1 Å². The topological polar surface area (TPSA) is 68.0 Å². The highest BCUT2D eigenvalue weighted by Gasteiger charge is 2.13. The molecule has 1 aromatic heterocycles. The molecular formula is C13H12ClN3O. The van der Waals surface area contributed by atoms with Crippen LogP contribution >= 0.6 is 11.6 Å². The number of nitrogens with zero attached hydrogens (tertiary/aromatic N) is 1. The molecule has 0 bridgehead atoms. The summed E-state index contributed by atoms with van der Waals surface area (Å²) in [5.74, 6) is 0.00849.